The molecular weight excluding hydrogens is 230 g/mol. The maximum absolute atomic E-state index is 12.0. The van der Waals surface area contributed by atoms with Gasteiger partial charge in [-0.25, -0.2) is 0 Å². The fourth-order valence-corrected chi connectivity index (χ4v) is 2.14. The normalized spacial score (nSPS) is 16.4. The molecule has 0 unspecified atom stereocenters. The molecule has 0 radical (unpaired) electrons. The van der Waals surface area contributed by atoms with Crippen LogP contribution in [-0.4, -0.2) is 34.8 Å². The fourth-order valence-electron chi connectivity index (χ4n) is 2.14. The highest BCUT2D eigenvalue weighted by atomic mass is 16.2. The zero-order valence-corrected chi connectivity index (χ0v) is 10.4. The Hall–Kier alpha value is -1.91. The SMILES string of the molecule is CC(=O)N1CCC(C(=O)Nc2cccnc2)CC1. The van der Waals surface area contributed by atoms with Gasteiger partial charge in [0.2, 0.25) is 11.8 Å². The van der Waals surface area contributed by atoms with E-state index in [-0.39, 0.29) is 17.7 Å². The van der Waals surface area contributed by atoms with Gasteiger partial charge < -0.3 is 10.2 Å². The van der Waals surface area contributed by atoms with Gasteiger partial charge in [-0.3, -0.25) is 14.6 Å². The fraction of sp³-hybridized carbons (Fsp3) is 0.462. The van der Waals surface area contributed by atoms with Gasteiger partial charge in [0.15, 0.2) is 0 Å². The molecule has 18 heavy (non-hydrogen) atoms. The average Bonchev–Trinajstić information content (AvgIpc) is 2.40. The zero-order valence-electron chi connectivity index (χ0n) is 10.4. The van der Waals surface area contributed by atoms with E-state index in [1.54, 1.807) is 30.3 Å². The van der Waals surface area contributed by atoms with Crippen LogP contribution in [0.25, 0.3) is 0 Å². The molecule has 5 nitrogen and oxygen atoms in total. The summed E-state index contributed by atoms with van der Waals surface area (Å²) < 4.78 is 0. The van der Waals surface area contributed by atoms with Crippen LogP contribution >= 0.6 is 0 Å². The van der Waals surface area contributed by atoms with Gasteiger partial charge in [0.05, 0.1) is 11.9 Å². The van der Waals surface area contributed by atoms with Crippen molar-refractivity contribution < 1.29 is 9.59 Å². The van der Waals surface area contributed by atoms with E-state index in [1.807, 2.05) is 6.07 Å². The first-order chi connectivity index (χ1) is 8.66. The van der Waals surface area contributed by atoms with E-state index in [2.05, 4.69) is 10.3 Å². The summed E-state index contributed by atoms with van der Waals surface area (Å²) in [5.41, 5.74) is 0.719. The van der Waals surface area contributed by atoms with E-state index < -0.39 is 0 Å². The average molecular weight is 247 g/mol. The Balaban J connectivity index is 1.86. The molecule has 96 valence electrons. The number of anilines is 1. The standard InChI is InChI=1S/C13H17N3O2/c1-10(17)16-7-4-11(5-8-16)13(18)15-12-3-2-6-14-9-12/h2-3,6,9,11H,4-5,7-8H2,1H3,(H,15,18). The van der Waals surface area contributed by atoms with E-state index in [4.69, 9.17) is 0 Å². The number of hydrogen-bond acceptors (Lipinski definition) is 3. The Labute approximate surface area is 106 Å². The van der Waals surface area contributed by atoms with Crippen LogP contribution in [0.15, 0.2) is 24.5 Å². The van der Waals surface area contributed by atoms with Crippen LogP contribution in [0.4, 0.5) is 5.69 Å². The lowest BCUT2D eigenvalue weighted by Crippen LogP contribution is -2.40. The minimum absolute atomic E-state index is 0.0131. The van der Waals surface area contributed by atoms with Crippen LogP contribution in [0, 0.1) is 5.92 Å². The van der Waals surface area contributed by atoms with Crippen LogP contribution in [0.3, 0.4) is 0 Å². The highest BCUT2D eigenvalue weighted by Crippen LogP contribution is 2.19. The number of carbonyl (C=O) groups excluding carboxylic acids is 2. The first kappa shape index (κ1) is 12.5. The quantitative estimate of drug-likeness (QED) is 0.856. The summed E-state index contributed by atoms with van der Waals surface area (Å²) in [6.45, 7) is 2.90. The summed E-state index contributed by atoms with van der Waals surface area (Å²) in [6.07, 6.45) is 4.75. The number of nitrogens with one attached hydrogen (secondary N) is 1. The summed E-state index contributed by atoms with van der Waals surface area (Å²) in [5.74, 6) is 0.0909. The third-order valence-corrected chi connectivity index (χ3v) is 3.24. The lowest BCUT2D eigenvalue weighted by Gasteiger charge is -2.30. The highest BCUT2D eigenvalue weighted by Gasteiger charge is 2.25. The largest absolute Gasteiger partial charge is 0.343 e. The Kier molecular flexibility index (Phi) is 3.92. The van der Waals surface area contributed by atoms with Crippen molar-refractivity contribution in [1.82, 2.24) is 9.88 Å². The van der Waals surface area contributed by atoms with Crippen molar-refractivity contribution >= 4 is 17.5 Å². The molecule has 5 heteroatoms. The molecule has 1 N–H and O–H groups in total. The number of pyridine rings is 1. The van der Waals surface area contributed by atoms with Crippen LogP contribution in [0.5, 0.6) is 0 Å². The van der Waals surface area contributed by atoms with Crippen molar-refractivity contribution in [1.29, 1.82) is 0 Å². The molecule has 1 aromatic heterocycles. The number of nitrogens with zero attached hydrogens (tertiary/aromatic N) is 2. The number of rotatable bonds is 2. The molecule has 1 saturated heterocycles. The second kappa shape index (κ2) is 5.62. The van der Waals surface area contributed by atoms with E-state index in [0.717, 1.165) is 18.5 Å². The maximum Gasteiger partial charge on any atom is 0.227 e. The van der Waals surface area contributed by atoms with Crippen LogP contribution < -0.4 is 5.32 Å². The van der Waals surface area contributed by atoms with Gasteiger partial charge in [0.25, 0.3) is 0 Å². The monoisotopic (exact) mass is 247 g/mol. The van der Waals surface area contributed by atoms with E-state index >= 15 is 0 Å². The number of aromatic nitrogens is 1. The van der Waals surface area contributed by atoms with E-state index in [0.29, 0.717) is 13.1 Å². The zero-order chi connectivity index (χ0) is 13.0. The molecule has 1 fully saturated rings. The lowest BCUT2D eigenvalue weighted by atomic mass is 9.96. The first-order valence-corrected chi connectivity index (χ1v) is 6.13. The van der Waals surface area contributed by atoms with Crippen LogP contribution in [0.1, 0.15) is 19.8 Å². The maximum atomic E-state index is 12.0. The molecule has 1 aliphatic rings. The van der Waals surface area contributed by atoms with E-state index in [1.165, 1.54) is 0 Å². The summed E-state index contributed by atoms with van der Waals surface area (Å²) in [6, 6.07) is 3.60. The minimum Gasteiger partial charge on any atom is -0.343 e. The van der Waals surface area contributed by atoms with Gasteiger partial charge in [-0.05, 0) is 25.0 Å². The number of carbonyl (C=O) groups is 2. The van der Waals surface area contributed by atoms with Gasteiger partial charge in [-0.15, -0.1) is 0 Å². The smallest absolute Gasteiger partial charge is 0.227 e. The summed E-state index contributed by atoms with van der Waals surface area (Å²) in [7, 11) is 0. The van der Waals surface area contributed by atoms with Crippen LogP contribution in [-0.2, 0) is 9.59 Å². The predicted molar refractivity (Wildman–Crippen MR) is 67.8 cm³/mol. The first-order valence-electron chi connectivity index (χ1n) is 6.13. The Morgan fingerprint density at radius 2 is 2.11 bits per heavy atom. The van der Waals surface area contributed by atoms with Gasteiger partial charge in [-0.1, -0.05) is 0 Å². The second-order valence-corrected chi connectivity index (χ2v) is 4.51. The number of piperidine rings is 1. The molecule has 0 aliphatic carbocycles. The minimum atomic E-state index is -0.0131. The molecule has 2 amide bonds. The molecule has 2 heterocycles. The third-order valence-electron chi connectivity index (χ3n) is 3.24. The third kappa shape index (κ3) is 3.06. The van der Waals surface area contributed by atoms with Crippen molar-refractivity contribution in [3.8, 4) is 0 Å². The van der Waals surface area contributed by atoms with E-state index in [9.17, 15) is 9.59 Å². The van der Waals surface area contributed by atoms with Crippen LogP contribution in [0.2, 0.25) is 0 Å². The van der Waals surface area contributed by atoms with Gasteiger partial charge >= 0.3 is 0 Å². The molecule has 0 aromatic carbocycles. The molecule has 1 aromatic rings. The Morgan fingerprint density at radius 3 is 2.67 bits per heavy atom. The van der Waals surface area contributed by atoms with Crippen molar-refractivity contribution in [3.05, 3.63) is 24.5 Å². The van der Waals surface area contributed by atoms with Gasteiger partial charge in [0, 0.05) is 32.1 Å². The van der Waals surface area contributed by atoms with Crippen molar-refractivity contribution in [3.63, 3.8) is 0 Å². The molecule has 2 rings (SSSR count). The Bertz CT molecular complexity index is 425. The highest BCUT2D eigenvalue weighted by molar-refractivity contribution is 5.92. The second-order valence-electron chi connectivity index (χ2n) is 4.51. The Morgan fingerprint density at radius 1 is 1.39 bits per heavy atom. The van der Waals surface area contributed by atoms with Gasteiger partial charge in [-0.2, -0.15) is 0 Å². The van der Waals surface area contributed by atoms with Crippen molar-refractivity contribution in [2.45, 2.75) is 19.8 Å². The molecule has 0 bridgehead atoms. The predicted octanol–water partition coefficient (Wildman–Crippen LogP) is 1.28. The molecular formula is C13H17N3O2. The number of likely N-dealkylation sites (tertiary alicyclic amines) is 1. The lowest BCUT2D eigenvalue weighted by molar-refractivity contribution is -0.132. The van der Waals surface area contributed by atoms with Crippen molar-refractivity contribution in [2.24, 2.45) is 5.92 Å². The van der Waals surface area contributed by atoms with Crippen molar-refractivity contribution in [2.75, 3.05) is 18.4 Å². The summed E-state index contributed by atoms with van der Waals surface area (Å²) >= 11 is 0. The molecule has 0 atom stereocenters. The molecule has 0 saturated carbocycles. The number of amides is 2. The molecule has 1 aliphatic heterocycles. The molecule has 0 spiro atoms. The topological polar surface area (TPSA) is 62.3 Å². The number of hydrogen-bond donors (Lipinski definition) is 1. The summed E-state index contributed by atoms with van der Waals surface area (Å²) in [5, 5.41) is 2.85. The van der Waals surface area contributed by atoms with Gasteiger partial charge in [0.1, 0.15) is 0 Å². The summed E-state index contributed by atoms with van der Waals surface area (Å²) in [4.78, 5) is 28.9.